The second-order valence-electron chi connectivity index (χ2n) is 4.52. The number of thiazole rings is 1. The molecule has 0 spiro atoms. The third kappa shape index (κ3) is 2.37. The van der Waals surface area contributed by atoms with Crippen molar-refractivity contribution in [3.63, 3.8) is 0 Å². The molecule has 2 heterocycles. The first-order chi connectivity index (χ1) is 7.16. The molecule has 0 saturated carbocycles. The van der Waals surface area contributed by atoms with E-state index in [-0.39, 0.29) is 5.91 Å². The normalized spacial score (nSPS) is 25.9. The summed E-state index contributed by atoms with van der Waals surface area (Å²) in [5.41, 5.74) is 1.84. The van der Waals surface area contributed by atoms with Crippen molar-refractivity contribution in [1.82, 2.24) is 10.3 Å². The lowest BCUT2D eigenvalue weighted by Gasteiger charge is -2.19. The highest BCUT2D eigenvalue weighted by Crippen LogP contribution is 2.33. The van der Waals surface area contributed by atoms with Crippen LogP contribution in [0.25, 0.3) is 0 Å². The van der Waals surface area contributed by atoms with Crippen molar-refractivity contribution < 1.29 is 4.79 Å². The molecule has 1 aliphatic rings. The maximum absolute atomic E-state index is 11.4. The van der Waals surface area contributed by atoms with Gasteiger partial charge < -0.3 is 5.32 Å². The Labute approximate surface area is 93.9 Å². The van der Waals surface area contributed by atoms with Crippen LogP contribution in [0, 0.1) is 5.92 Å². The van der Waals surface area contributed by atoms with Gasteiger partial charge in [0.15, 0.2) is 0 Å². The van der Waals surface area contributed by atoms with Crippen molar-refractivity contribution in [2.24, 2.45) is 5.92 Å². The van der Waals surface area contributed by atoms with Crippen LogP contribution in [0.2, 0.25) is 0 Å². The fraction of sp³-hybridized carbons (Fsp3) is 0.636. The van der Waals surface area contributed by atoms with Crippen LogP contribution in [-0.2, 0) is 4.79 Å². The Hall–Kier alpha value is -0.900. The Morgan fingerprint density at radius 2 is 2.47 bits per heavy atom. The zero-order valence-corrected chi connectivity index (χ0v) is 9.88. The van der Waals surface area contributed by atoms with Crippen LogP contribution in [0.3, 0.4) is 0 Å². The minimum absolute atomic E-state index is 0.180. The monoisotopic (exact) mass is 224 g/mol. The van der Waals surface area contributed by atoms with Gasteiger partial charge in [0, 0.05) is 29.5 Å². The standard InChI is InChI=1S/C11H16N2OS/c1-7(2)3-9-8(4-11(14)13-9)10-5-12-6-15-10/h5-9H,3-4H2,1-2H3,(H,13,14). The number of carbonyl (C=O) groups is 1. The molecule has 15 heavy (non-hydrogen) atoms. The van der Waals surface area contributed by atoms with E-state index in [9.17, 15) is 4.79 Å². The summed E-state index contributed by atoms with van der Waals surface area (Å²) in [5.74, 6) is 1.13. The van der Waals surface area contributed by atoms with Gasteiger partial charge in [-0.25, -0.2) is 0 Å². The molecule has 1 saturated heterocycles. The number of hydrogen-bond donors (Lipinski definition) is 1. The maximum Gasteiger partial charge on any atom is 0.220 e. The third-order valence-electron chi connectivity index (χ3n) is 2.78. The molecule has 0 bridgehead atoms. The first kappa shape index (κ1) is 10.6. The molecule has 82 valence electrons. The summed E-state index contributed by atoms with van der Waals surface area (Å²) >= 11 is 1.65. The van der Waals surface area contributed by atoms with E-state index in [2.05, 4.69) is 24.1 Å². The van der Waals surface area contributed by atoms with E-state index in [1.807, 2.05) is 11.7 Å². The van der Waals surface area contributed by atoms with Gasteiger partial charge in [0.05, 0.1) is 5.51 Å². The van der Waals surface area contributed by atoms with E-state index >= 15 is 0 Å². The summed E-state index contributed by atoms with van der Waals surface area (Å²) in [5, 5.41) is 3.06. The Bertz CT molecular complexity index is 334. The molecule has 1 aromatic rings. The van der Waals surface area contributed by atoms with Gasteiger partial charge >= 0.3 is 0 Å². The van der Waals surface area contributed by atoms with E-state index in [0.717, 1.165) is 6.42 Å². The molecule has 0 radical (unpaired) electrons. The largest absolute Gasteiger partial charge is 0.353 e. The van der Waals surface area contributed by atoms with Crippen LogP contribution in [0.15, 0.2) is 11.7 Å². The summed E-state index contributed by atoms with van der Waals surface area (Å²) in [6.45, 7) is 4.38. The fourth-order valence-corrected chi connectivity index (χ4v) is 2.93. The average Bonchev–Trinajstić information content (AvgIpc) is 2.72. The van der Waals surface area contributed by atoms with Crippen molar-refractivity contribution in [2.45, 2.75) is 38.6 Å². The number of carbonyl (C=O) groups excluding carboxylic acids is 1. The summed E-state index contributed by atoms with van der Waals surface area (Å²) in [6, 6.07) is 0.304. The summed E-state index contributed by atoms with van der Waals surface area (Å²) in [6.07, 6.45) is 3.57. The molecule has 2 unspecified atom stereocenters. The van der Waals surface area contributed by atoms with Gasteiger partial charge in [-0.1, -0.05) is 13.8 Å². The van der Waals surface area contributed by atoms with Crippen molar-refractivity contribution >= 4 is 17.2 Å². The first-order valence-corrected chi connectivity index (χ1v) is 6.22. The predicted octanol–water partition coefficient (Wildman–Crippen LogP) is 2.16. The Kier molecular flexibility index (Phi) is 3.05. The molecular weight excluding hydrogens is 208 g/mol. The molecule has 1 N–H and O–H groups in total. The van der Waals surface area contributed by atoms with E-state index in [0.29, 0.717) is 24.3 Å². The van der Waals surface area contributed by atoms with Crippen LogP contribution in [0.1, 0.15) is 37.5 Å². The van der Waals surface area contributed by atoms with E-state index in [4.69, 9.17) is 0 Å². The second-order valence-corrected chi connectivity index (χ2v) is 5.44. The highest BCUT2D eigenvalue weighted by molar-refractivity contribution is 7.09. The smallest absolute Gasteiger partial charge is 0.220 e. The lowest BCUT2D eigenvalue weighted by atomic mass is 9.92. The fourth-order valence-electron chi connectivity index (χ4n) is 2.15. The summed E-state index contributed by atoms with van der Waals surface area (Å²) in [7, 11) is 0. The molecule has 2 atom stereocenters. The number of aromatic nitrogens is 1. The van der Waals surface area contributed by atoms with Gasteiger partial charge in [0.25, 0.3) is 0 Å². The zero-order valence-electron chi connectivity index (χ0n) is 9.06. The first-order valence-electron chi connectivity index (χ1n) is 5.34. The lowest BCUT2D eigenvalue weighted by Crippen LogP contribution is -2.29. The Balaban J connectivity index is 2.12. The third-order valence-corrected chi connectivity index (χ3v) is 3.69. The van der Waals surface area contributed by atoms with Crippen molar-refractivity contribution in [3.8, 4) is 0 Å². The lowest BCUT2D eigenvalue weighted by molar-refractivity contribution is -0.119. The van der Waals surface area contributed by atoms with E-state index in [1.54, 1.807) is 11.3 Å². The zero-order chi connectivity index (χ0) is 10.8. The van der Waals surface area contributed by atoms with Crippen LogP contribution < -0.4 is 5.32 Å². The molecule has 1 aromatic heterocycles. The Morgan fingerprint density at radius 3 is 3.07 bits per heavy atom. The van der Waals surface area contributed by atoms with Gasteiger partial charge in [-0.15, -0.1) is 11.3 Å². The van der Waals surface area contributed by atoms with Gasteiger partial charge in [0.2, 0.25) is 5.91 Å². The van der Waals surface area contributed by atoms with Gasteiger partial charge in [-0.3, -0.25) is 9.78 Å². The predicted molar refractivity (Wildman–Crippen MR) is 60.9 cm³/mol. The summed E-state index contributed by atoms with van der Waals surface area (Å²) < 4.78 is 0. The molecule has 1 fully saturated rings. The number of hydrogen-bond acceptors (Lipinski definition) is 3. The molecule has 1 aliphatic heterocycles. The minimum Gasteiger partial charge on any atom is -0.353 e. The maximum atomic E-state index is 11.4. The number of nitrogens with one attached hydrogen (secondary N) is 1. The van der Waals surface area contributed by atoms with Crippen LogP contribution in [0.4, 0.5) is 0 Å². The van der Waals surface area contributed by atoms with Crippen molar-refractivity contribution in [3.05, 3.63) is 16.6 Å². The number of rotatable bonds is 3. The molecule has 0 aliphatic carbocycles. The molecular formula is C11H16N2OS. The highest BCUT2D eigenvalue weighted by Gasteiger charge is 2.34. The second kappa shape index (κ2) is 4.31. The highest BCUT2D eigenvalue weighted by atomic mass is 32.1. The molecule has 4 heteroatoms. The van der Waals surface area contributed by atoms with Gasteiger partial charge in [0.1, 0.15) is 0 Å². The summed E-state index contributed by atoms with van der Waals surface area (Å²) in [4.78, 5) is 16.7. The molecule has 3 nitrogen and oxygen atoms in total. The van der Waals surface area contributed by atoms with Crippen LogP contribution in [-0.4, -0.2) is 16.9 Å². The quantitative estimate of drug-likeness (QED) is 0.855. The van der Waals surface area contributed by atoms with Crippen molar-refractivity contribution in [1.29, 1.82) is 0 Å². The van der Waals surface area contributed by atoms with Crippen molar-refractivity contribution in [2.75, 3.05) is 0 Å². The minimum atomic E-state index is 0.180. The number of nitrogens with zero attached hydrogens (tertiary/aromatic N) is 1. The van der Waals surface area contributed by atoms with Gasteiger partial charge in [-0.2, -0.15) is 0 Å². The van der Waals surface area contributed by atoms with E-state index < -0.39 is 0 Å². The van der Waals surface area contributed by atoms with Crippen LogP contribution >= 0.6 is 11.3 Å². The molecule has 2 rings (SSSR count). The number of amides is 1. The molecule has 1 amide bonds. The SMILES string of the molecule is CC(C)CC1NC(=O)CC1c1cncs1. The van der Waals surface area contributed by atoms with Crippen LogP contribution in [0.5, 0.6) is 0 Å². The molecule has 0 aromatic carbocycles. The topological polar surface area (TPSA) is 42.0 Å². The average molecular weight is 224 g/mol. The Morgan fingerprint density at radius 1 is 1.67 bits per heavy atom. The van der Waals surface area contributed by atoms with Gasteiger partial charge in [-0.05, 0) is 12.3 Å². The van der Waals surface area contributed by atoms with E-state index in [1.165, 1.54) is 4.88 Å².